The molecule has 0 saturated carbocycles. The molecule has 0 spiro atoms. The molecule has 1 rings (SSSR count). The smallest absolute Gasteiger partial charge is 0.166 e. The first kappa shape index (κ1) is 13.1. The van der Waals surface area contributed by atoms with Crippen molar-refractivity contribution in [1.82, 2.24) is 0 Å². The number of hydrogen-bond donors (Lipinski definition) is 0. The molecule has 0 bridgehead atoms. The summed E-state index contributed by atoms with van der Waals surface area (Å²) in [5, 5.41) is 0. The van der Waals surface area contributed by atoms with Gasteiger partial charge in [0.15, 0.2) is 0 Å². The van der Waals surface area contributed by atoms with Gasteiger partial charge in [0.25, 0.3) is 0 Å². The molecule has 0 aliphatic rings. The molecule has 0 nitrogen and oxygen atoms in total. The first-order chi connectivity index (χ1) is 7.38. The van der Waals surface area contributed by atoms with Gasteiger partial charge in [-0.1, -0.05) is 25.5 Å². The van der Waals surface area contributed by atoms with E-state index in [0.717, 1.165) is 18.4 Å². The van der Waals surface area contributed by atoms with Crippen LogP contribution in [0.1, 0.15) is 42.0 Å². The second-order valence-corrected chi connectivity index (χ2v) is 4.15. The second-order valence-electron chi connectivity index (χ2n) is 4.15. The van der Waals surface area contributed by atoms with Gasteiger partial charge in [0.05, 0.1) is 5.56 Å². The molecule has 0 saturated heterocycles. The van der Waals surface area contributed by atoms with Gasteiger partial charge >= 0.3 is 6.18 Å². The number of unbranched alkanes of at least 4 members (excludes halogenated alkanes) is 1. The molecule has 0 radical (unpaired) electrons. The van der Waals surface area contributed by atoms with E-state index in [1.165, 1.54) is 6.92 Å². The summed E-state index contributed by atoms with van der Waals surface area (Å²) in [6.07, 6.45) is -2.02. The predicted molar refractivity (Wildman–Crippen MR) is 59.5 cm³/mol. The summed E-state index contributed by atoms with van der Waals surface area (Å²) in [4.78, 5) is 0. The van der Waals surface area contributed by atoms with Crippen LogP contribution in [0.2, 0.25) is 0 Å². The van der Waals surface area contributed by atoms with Gasteiger partial charge in [-0.3, -0.25) is 0 Å². The Kier molecular flexibility index (Phi) is 4.00. The highest BCUT2D eigenvalue weighted by molar-refractivity contribution is 5.42. The highest BCUT2D eigenvalue weighted by Crippen LogP contribution is 2.36. The van der Waals surface area contributed by atoms with E-state index in [1.807, 2.05) is 6.92 Å². The van der Waals surface area contributed by atoms with Gasteiger partial charge in [0.2, 0.25) is 0 Å². The van der Waals surface area contributed by atoms with Crippen LogP contribution < -0.4 is 0 Å². The minimum Gasteiger partial charge on any atom is -0.166 e. The molecule has 0 heterocycles. The molecular formula is C13H17F3. The normalized spacial score (nSPS) is 11.9. The third-order valence-electron chi connectivity index (χ3n) is 2.82. The average molecular weight is 230 g/mol. The van der Waals surface area contributed by atoms with Crippen molar-refractivity contribution in [1.29, 1.82) is 0 Å². The Labute approximate surface area is 94.5 Å². The molecule has 0 atom stereocenters. The maximum absolute atomic E-state index is 12.9. The Morgan fingerprint density at radius 3 is 2.12 bits per heavy atom. The van der Waals surface area contributed by atoms with Crippen molar-refractivity contribution >= 4 is 0 Å². The van der Waals surface area contributed by atoms with Crippen molar-refractivity contribution < 1.29 is 13.2 Å². The van der Waals surface area contributed by atoms with Crippen molar-refractivity contribution in [3.8, 4) is 0 Å². The van der Waals surface area contributed by atoms with Crippen LogP contribution in [0.5, 0.6) is 0 Å². The van der Waals surface area contributed by atoms with Crippen LogP contribution in [-0.4, -0.2) is 0 Å². The quantitative estimate of drug-likeness (QED) is 0.708. The Bertz CT molecular complexity index is 364. The van der Waals surface area contributed by atoms with Crippen molar-refractivity contribution in [3.05, 3.63) is 34.4 Å². The van der Waals surface area contributed by atoms with E-state index in [9.17, 15) is 13.2 Å². The molecule has 0 amide bonds. The summed E-state index contributed by atoms with van der Waals surface area (Å²) in [6, 6.07) is 3.32. The molecule has 90 valence electrons. The number of benzene rings is 1. The van der Waals surface area contributed by atoms with Gasteiger partial charge in [-0.15, -0.1) is 0 Å². The lowest BCUT2D eigenvalue weighted by Gasteiger charge is -2.17. The van der Waals surface area contributed by atoms with Crippen LogP contribution in [-0.2, 0) is 12.6 Å². The summed E-state index contributed by atoms with van der Waals surface area (Å²) in [5.41, 5.74) is 1.10. The minimum absolute atomic E-state index is 0.323. The van der Waals surface area contributed by atoms with Gasteiger partial charge in [-0.2, -0.15) is 13.2 Å². The SMILES string of the molecule is CCCCc1c(C)ccc(C)c1C(F)(F)F. The standard InChI is InChI=1S/C13H17F3/c1-4-5-6-11-9(2)7-8-10(3)12(11)13(14,15)16/h7-8H,4-6H2,1-3H3. The fourth-order valence-corrected chi connectivity index (χ4v) is 1.94. The van der Waals surface area contributed by atoms with E-state index < -0.39 is 11.7 Å². The molecule has 1 aromatic carbocycles. The van der Waals surface area contributed by atoms with E-state index >= 15 is 0 Å². The molecule has 0 unspecified atom stereocenters. The molecule has 0 aromatic heterocycles. The zero-order valence-electron chi connectivity index (χ0n) is 9.91. The number of aryl methyl sites for hydroxylation is 2. The topological polar surface area (TPSA) is 0 Å². The summed E-state index contributed by atoms with van der Waals surface area (Å²) in [6.45, 7) is 5.26. The van der Waals surface area contributed by atoms with Gasteiger partial charge in [0.1, 0.15) is 0 Å². The lowest BCUT2D eigenvalue weighted by molar-refractivity contribution is -0.138. The maximum Gasteiger partial charge on any atom is 0.416 e. The lowest BCUT2D eigenvalue weighted by atomic mass is 9.93. The summed E-state index contributed by atoms with van der Waals surface area (Å²) >= 11 is 0. The fraction of sp³-hybridized carbons (Fsp3) is 0.538. The minimum atomic E-state index is -4.24. The van der Waals surface area contributed by atoms with Crippen molar-refractivity contribution in [3.63, 3.8) is 0 Å². The van der Waals surface area contributed by atoms with Crippen LogP contribution in [0.3, 0.4) is 0 Å². The molecule has 16 heavy (non-hydrogen) atoms. The van der Waals surface area contributed by atoms with E-state index in [0.29, 0.717) is 17.5 Å². The number of rotatable bonds is 3. The summed E-state index contributed by atoms with van der Waals surface area (Å²) < 4.78 is 38.7. The Hall–Kier alpha value is -0.990. The monoisotopic (exact) mass is 230 g/mol. The van der Waals surface area contributed by atoms with Gasteiger partial charge in [-0.05, 0) is 43.4 Å². The Morgan fingerprint density at radius 2 is 1.62 bits per heavy atom. The maximum atomic E-state index is 12.9. The molecular weight excluding hydrogens is 213 g/mol. The highest BCUT2D eigenvalue weighted by atomic mass is 19.4. The fourth-order valence-electron chi connectivity index (χ4n) is 1.94. The first-order valence-electron chi connectivity index (χ1n) is 5.54. The molecule has 1 aromatic rings. The average Bonchev–Trinajstić information content (AvgIpc) is 2.17. The largest absolute Gasteiger partial charge is 0.416 e. The molecule has 0 fully saturated rings. The molecule has 3 heteroatoms. The van der Waals surface area contributed by atoms with Crippen LogP contribution in [0.25, 0.3) is 0 Å². The van der Waals surface area contributed by atoms with Crippen molar-refractivity contribution in [2.24, 2.45) is 0 Å². The molecule has 0 aliphatic carbocycles. The third kappa shape index (κ3) is 2.77. The summed E-state index contributed by atoms with van der Waals surface area (Å²) in [5.74, 6) is 0. The van der Waals surface area contributed by atoms with Crippen molar-refractivity contribution in [2.45, 2.75) is 46.2 Å². The lowest BCUT2D eigenvalue weighted by Crippen LogP contribution is -2.13. The first-order valence-corrected chi connectivity index (χ1v) is 5.54. The van der Waals surface area contributed by atoms with Gasteiger partial charge in [-0.25, -0.2) is 0 Å². The van der Waals surface area contributed by atoms with Gasteiger partial charge < -0.3 is 0 Å². The van der Waals surface area contributed by atoms with Crippen LogP contribution in [0.4, 0.5) is 13.2 Å². The predicted octanol–water partition coefficient (Wildman–Crippen LogP) is 4.66. The summed E-state index contributed by atoms with van der Waals surface area (Å²) in [7, 11) is 0. The third-order valence-corrected chi connectivity index (χ3v) is 2.82. The number of alkyl halides is 3. The van der Waals surface area contributed by atoms with Crippen molar-refractivity contribution in [2.75, 3.05) is 0 Å². The van der Waals surface area contributed by atoms with Crippen LogP contribution >= 0.6 is 0 Å². The van der Waals surface area contributed by atoms with Gasteiger partial charge in [0, 0.05) is 0 Å². The Balaban J connectivity index is 3.26. The highest BCUT2D eigenvalue weighted by Gasteiger charge is 2.35. The zero-order valence-corrected chi connectivity index (χ0v) is 9.91. The van der Waals surface area contributed by atoms with E-state index in [-0.39, 0.29) is 0 Å². The molecule has 0 N–H and O–H groups in total. The van der Waals surface area contributed by atoms with Crippen LogP contribution in [0, 0.1) is 13.8 Å². The number of halogens is 3. The zero-order chi connectivity index (χ0) is 12.3. The molecule has 0 aliphatic heterocycles. The van der Waals surface area contributed by atoms with Crippen LogP contribution in [0.15, 0.2) is 12.1 Å². The Morgan fingerprint density at radius 1 is 1.06 bits per heavy atom. The van der Waals surface area contributed by atoms with E-state index in [4.69, 9.17) is 0 Å². The van der Waals surface area contributed by atoms with E-state index in [1.54, 1.807) is 19.1 Å². The number of hydrogen-bond acceptors (Lipinski definition) is 0. The second kappa shape index (κ2) is 4.89. The van der Waals surface area contributed by atoms with E-state index in [2.05, 4.69) is 0 Å².